The van der Waals surface area contributed by atoms with Gasteiger partial charge in [0.15, 0.2) is 0 Å². The van der Waals surface area contributed by atoms with E-state index in [2.05, 4.69) is 27.8 Å². The molecule has 0 N–H and O–H groups in total. The van der Waals surface area contributed by atoms with E-state index >= 15 is 0 Å². The van der Waals surface area contributed by atoms with Crippen molar-refractivity contribution in [3.63, 3.8) is 0 Å². The zero-order chi connectivity index (χ0) is 9.80. The summed E-state index contributed by atoms with van der Waals surface area (Å²) < 4.78 is 2.07. The molecular weight excluding hydrogens is 174 g/mol. The van der Waals surface area contributed by atoms with Gasteiger partial charge in [0.05, 0.1) is 12.7 Å². The first-order valence-electron chi connectivity index (χ1n) is 5.62. The monoisotopic (exact) mass is 193 g/mol. The Kier molecular flexibility index (Phi) is 3.19. The van der Waals surface area contributed by atoms with Crippen molar-refractivity contribution in [3.05, 3.63) is 18.0 Å². The summed E-state index contributed by atoms with van der Waals surface area (Å²) in [7, 11) is 0. The number of aromatic nitrogens is 2. The van der Waals surface area contributed by atoms with Gasteiger partial charge in [-0.15, -0.1) is 0 Å². The lowest BCUT2D eigenvalue weighted by atomic mass is 10.3. The fraction of sp³-hybridized carbons (Fsp3) is 0.727. The Morgan fingerprint density at radius 1 is 1.29 bits per heavy atom. The van der Waals surface area contributed by atoms with Crippen LogP contribution >= 0.6 is 0 Å². The van der Waals surface area contributed by atoms with Crippen LogP contribution < -0.4 is 0 Å². The van der Waals surface area contributed by atoms with Gasteiger partial charge in [0, 0.05) is 12.7 Å². The molecule has 1 aromatic heterocycles. The van der Waals surface area contributed by atoms with Gasteiger partial charge in [-0.1, -0.05) is 6.92 Å². The summed E-state index contributed by atoms with van der Waals surface area (Å²) in [5.74, 6) is 0. The van der Waals surface area contributed by atoms with Crippen LogP contribution in [0.3, 0.4) is 0 Å². The van der Waals surface area contributed by atoms with E-state index in [4.69, 9.17) is 0 Å². The van der Waals surface area contributed by atoms with Crippen molar-refractivity contribution in [1.82, 2.24) is 14.7 Å². The maximum absolute atomic E-state index is 4.34. The molecule has 3 heteroatoms. The van der Waals surface area contributed by atoms with Gasteiger partial charge in [-0.05, 0) is 37.9 Å². The lowest BCUT2D eigenvalue weighted by Gasteiger charge is -2.13. The Labute approximate surface area is 85.7 Å². The molecule has 0 atom stereocenters. The molecule has 78 valence electrons. The molecule has 2 rings (SSSR count). The SMILES string of the molecule is CCc1cnn(CCN2CCCC2)c1. The molecule has 0 unspecified atom stereocenters. The summed E-state index contributed by atoms with van der Waals surface area (Å²) >= 11 is 0. The molecule has 0 aromatic carbocycles. The van der Waals surface area contributed by atoms with Gasteiger partial charge < -0.3 is 4.90 Å². The van der Waals surface area contributed by atoms with Crippen LogP contribution in [0.2, 0.25) is 0 Å². The summed E-state index contributed by atoms with van der Waals surface area (Å²) in [5.41, 5.74) is 1.34. The Morgan fingerprint density at radius 2 is 2.07 bits per heavy atom. The van der Waals surface area contributed by atoms with Crippen molar-refractivity contribution in [1.29, 1.82) is 0 Å². The standard InChI is InChI=1S/C11H19N3/c1-2-11-9-12-14(10-11)8-7-13-5-3-4-6-13/h9-10H,2-8H2,1H3. The van der Waals surface area contributed by atoms with E-state index in [1.54, 1.807) is 0 Å². The molecule has 0 saturated carbocycles. The third-order valence-electron chi connectivity index (χ3n) is 2.94. The first kappa shape index (κ1) is 9.71. The fourth-order valence-electron chi connectivity index (χ4n) is 1.96. The van der Waals surface area contributed by atoms with E-state index in [0.29, 0.717) is 0 Å². The van der Waals surface area contributed by atoms with Crippen molar-refractivity contribution in [2.75, 3.05) is 19.6 Å². The summed E-state index contributed by atoms with van der Waals surface area (Å²) in [6, 6.07) is 0. The van der Waals surface area contributed by atoms with Gasteiger partial charge in [0.1, 0.15) is 0 Å². The second kappa shape index (κ2) is 4.60. The molecule has 1 aliphatic rings. The second-order valence-electron chi connectivity index (χ2n) is 4.01. The number of nitrogens with zero attached hydrogens (tertiary/aromatic N) is 3. The van der Waals surface area contributed by atoms with Crippen LogP contribution in [0.25, 0.3) is 0 Å². The number of hydrogen-bond acceptors (Lipinski definition) is 2. The van der Waals surface area contributed by atoms with Crippen molar-refractivity contribution >= 4 is 0 Å². The third-order valence-corrected chi connectivity index (χ3v) is 2.94. The summed E-state index contributed by atoms with van der Waals surface area (Å²) in [4.78, 5) is 2.52. The largest absolute Gasteiger partial charge is 0.301 e. The molecule has 1 saturated heterocycles. The van der Waals surface area contributed by atoms with Gasteiger partial charge in [0.2, 0.25) is 0 Å². The van der Waals surface area contributed by atoms with Gasteiger partial charge in [-0.3, -0.25) is 4.68 Å². The zero-order valence-electron chi connectivity index (χ0n) is 8.95. The van der Waals surface area contributed by atoms with Crippen LogP contribution in [0.1, 0.15) is 25.3 Å². The van der Waals surface area contributed by atoms with E-state index in [1.165, 1.54) is 31.5 Å². The number of likely N-dealkylation sites (tertiary alicyclic amines) is 1. The predicted molar refractivity (Wildman–Crippen MR) is 57.3 cm³/mol. The van der Waals surface area contributed by atoms with Crippen LogP contribution in [0.15, 0.2) is 12.4 Å². The van der Waals surface area contributed by atoms with E-state index in [1.807, 2.05) is 6.20 Å². The number of rotatable bonds is 4. The molecule has 1 fully saturated rings. The highest BCUT2D eigenvalue weighted by Crippen LogP contribution is 2.07. The first-order chi connectivity index (χ1) is 6.88. The van der Waals surface area contributed by atoms with Crippen LogP contribution in [-0.4, -0.2) is 34.3 Å². The smallest absolute Gasteiger partial charge is 0.0536 e. The molecule has 1 aliphatic heterocycles. The topological polar surface area (TPSA) is 21.1 Å². The third kappa shape index (κ3) is 2.35. The van der Waals surface area contributed by atoms with Crippen LogP contribution in [-0.2, 0) is 13.0 Å². The van der Waals surface area contributed by atoms with Crippen LogP contribution in [0.5, 0.6) is 0 Å². The Hall–Kier alpha value is -0.830. The van der Waals surface area contributed by atoms with E-state index in [-0.39, 0.29) is 0 Å². The lowest BCUT2D eigenvalue weighted by Crippen LogP contribution is -2.24. The van der Waals surface area contributed by atoms with Gasteiger partial charge in [-0.25, -0.2) is 0 Å². The fourth-order valence-corrected chi connectivity index (χ4v) is 1.96. The first-order valence-corrected chi connectivity index (χ1v) is 5.62. The van der Waals surface area contributed by atoms with Crippen molar-refractivity contribution in [2.45, 2.75) is 32.7 Å². The van der Waals surface area contributed by atoms with Crippen molar-refractivity contribution in [2.24, 2.45) is 0 Å². The second-order valence-corrected chi connectivity index (χ2v) is 4.01. The van der Waals surface area contributed by atoms with Gasteiger partial charge in [-0.2, -0.15) is 5.10 Å². The molecular formula is C11H19N3. The Bertz CT molecular complexity index is 274. The average Bonchev–Trinajstić information content (AvgIpc) is 2.86. The highest BCUT2D eigenvalue weighted by atomic mass is 15.3. The highest BCUT2D eigenvalue weighted by Gasteiger charge is 2.10. The molecule has 0 radical (unpaired) electrons. The maximum atomic E-state index is 4.34. The van der Waals surface area contributed by atoms with Gasteiger partial charge >= 0.3 is 0 Å². The lowest BCUT2D eigenvalue weighted by molar-refractivity contribution is 0.315. The number of aryl methyl sites for hydroxylation is 1. The van der Waals surface area contributed by atoms with Crippen LogP contribution in [0, 0.1) is 0 Å². The molecule has 14 heavy (non-hydrogen) atoms. The van der Waals surface area contributed by atoms with E-state index < -0.39 is 0 Å². The zero-order valence-corrected chi connectivity index (χ0v) is 8.95. The van der Waals surface area contributed by atoms with E-state index in [0.717, 1.165) is 19.5 Å². The van der Waals surface area contributed by atoms with Gasteiger partial charge in [0.25, 0.3) is 0 Å². The molecule has 1 aromatic rings. The van der Waals surface area contributed by atoms with Crippen molar-refractivity contribution < 1.29 is 0 Å². The molecule has 0 spiro atoms. The molecule has 0 amide bonds. The molecule has 3 nitrogen and oxygen atoms in total. The minimum Gasteiger partial charge on any atom is -0.301 e. The quantitative estimate of drug-likeness (QED) is 0.723. The Balaban J connectivity index is 1.79. The number of hydrogen-bond donors (Lipinski definition) is 0. The molecule has 2 heterocycles. The summed E-state index contributed by atoms with van der Waals surface area (Å²) in [6.07, 6.45) is 7.97. The molecule has 0 bridgehead atoms. The normalized spacial score (nSPS) is 17.8. The minimum atomic E-state index is 1.04. The highest BCUT2D eigenvalue weighted by molar-refractivity contribution is 5.02. The minimum absolute atomic E-state index is 1.04. The van der Waals surface area contributed by atoms with Crippen LogP contribution in [0.4, 0.5) is 0 Å². The maximum Gasteiger partial charge on any atom is 0.0536 e. The summed E-state index contributed by atoms with van der Waals surface area (Å²) in [6.45, 7) is 6.93. The predicted octanol–water partition coefficient (Wildman–Crippen LogP) is 1.54. The summed E-state index contributed by atoms with van der Waals surface area (Å²) in [5, 5.41) is 4.34. The Morgan fingerprint density at radius 3 is 2.71 bits per heavy atom. The van der Waals surface area contributed by atoms with Crippen molar-refractivity contribution in [3.8, 4) is 0 Å². The average molecular weight is 193 g/mol. The molecule has 0 aliphatic carbocycles. The van der Waals surface area contributed by atoms with E-state index in [9.17, 15) is 0 Å².